The fourth-order valence-corrected chi connectivity index (χ4v) is 3.12. The largest absolute Gasteiger partial charge is 0.465 e. The minimum absolute atomic E-state index is 0.798. The molecule has 0 fully saturated rings. The molecule has 3 rings (SSSR count). The lowest BCUT2D eigenvalue weighted by Gasteiger charge is -2.19. The molecule has 1 aliphatic rings. The van der Waals surface area contributed by atoms with Gasteiger partial charge in [0.2, 0.25) is 0 Å². The molecule has 1 N–H and O–H groups in total. The second-order valence-electron chi connectivity index (χ2n) is 5.87. The summed E-state index contributed by atoms with van der Waals surface area (Å²) in [7, 11) is 1.95. The lowest BCUT2D eigenvalue weighted by atomic mass is 10.0. The van der Waals surface area contributed by atoms with Crippen LogP contribution in [0.2, 0.25) is 0 Å². The Morgan fingerprint density at radius 3 is 2.43 bits per heavy atom. The third-order valence-corrected chi connectivity index (χ3v) is 4.33. The molecule has 1 aromatic heterocycles. The first-order chi connectivity index (χ1) is 10.3. The Bertz CT molecular complexity index is 576. The molecule has 0 amide bonds. The van der Waals surface area contributed by atoms with Crippen molar-refractivity contribution < 1.29 is 4.42 Å². The number of fused-ring (bicyclic) bond motifs is 1. The summed E-state index contributed by atoms with van der Waals surface area (Å²) in [5, 5.41) is 3.14. The summed E-state index contributed by atoms with van der Waals surface area (Å²) in [5.41, 5.74) is 4.35. The topological polar surface area (TPSA) is 28.4 Å². The van der Waals surface area contributed by atoms with Gasteiger partial charge in [0.15, 0.2) is 0 Å². The summed E-state index contributed by atoms with van der Waals surface area (Å²) in [6, 6.07) is 11.0. The molecule has 0 spiro atoms. The molecule has 3 nitrogen and oxygen atoms in total. The maximum Gasteiger partial charge on any atom is 0.118 e. The van der Waals surface area contributed by atoms with Crippen LogP contribution in [0.25, 0.3) is 0 Å². The standard InChI is InChI=1S/C18H24N2O/c1-14-17(11-18(21-14)12-19-2)13-20-9-7-15-5-3-4-6-16(15)8-10-20/h3-6,11,19H,7-10,12-13H2,1-2H3. The van der Waals surface area contributed by atoms with Crippen molar-refractivity contribution in [2.24, 2.45) is 0 Å². The normalized spacial score (nSPS) is 15.7. The van der Waals surface area contributed by atoms with Gasteiger partial charge in [-0.1, -0.05) is 24.3 Å². The molecule has 2 heterocycles. The molecule has 21 heavy (non-hydrogen) atoms. The molecule has 1 aromatic carbocycles. The molecule has 0 aliphatic carbocycles. The average molecular weight is 284 g/mol. The lowest BCUT2D eigenvalue weighted by molar-refractivity contribution is 0.277. The zero-order valence-corrected chi connectivity index (χ0v) is 13.0. The Labute approximate surface area is 127 Å². The Morgan fingerprint density at radius 1 is 1.14 bits per heavy atom. The van der Waals surface area contributed by atoms with E-state index in [4.69, 9.17) is 4.42 Å². The van der Waals surface area contributed by atoms with Crippen molar-refractivity contribution in [3.63, 3.8) is 0 Å². The third kappa shape index (κ3) is 3.36. The van der Waals surface area contributed by atoms with E-state index >= 15 is 0 Å². The highest BCUT2D eigenvalue weighted by atomic mass is 16.3. The number of benzene rings is 1. The predicted octanol–water partition coefficient (Wildman–Crippen LogP) is 2.91. The number of hydrogen-bond acceptors (Lipinski definition) is 3. The molecular weight excluding hydrogens is 260 g/mol. The predicted molar refractivity (Wildman–Crippen MR) is 85.3 cm³/mol. The van der Waals surface area contributed by atoms with Crippen molar-refractivity contribution in [2.45, 2.75) is 32.9 Å². The fraction of sp³-hybridized carbons (Fsp3) is 0.444. The molecule has 3 heteroatoms. The maximum atomic E-state index is 5.80. The van der Waals surface area contributed by atoms with Crippen LogP contribution in [-0.2, 0) is 25.9 Å². The molecular formula is C18H24N2O. The van der Waals surface area contributed by atoms with E-state index in [0.29, 0.717) is 0 Å². The van der Waals surface area contributed by atoms with Gasteiger partial charge in [0.1, 0.15) is 11.5 Å². The van der Waals surface area contributed by atoms with Gasteiger partial charge in [-0.3, -0.25) is 4.90 Å². The van der Waals surface area contributed by atoms with Gasteiger partial charge < -0.3 is 9.73 Å². The molecule has 0 saturated carbocycles. The van der Waals surface area contributed by atoms with Gasteiger partial charge in [0.25, 0.3) is 0 Å². The van der Waals surface area contributed by atoms with Crippen LogP contribution in [0.5, 0.6) is 0 Å². The number of hydrogen-bond donors (Lipinski definition) is 1. The van der Waals surface area contributed by atoms with Crippen molar-refractivity contribution in [1.29, 1.82) is 0 Å². The highest BCUT2D eigenvalue weighted by Gasteiger charge is 2.16. The van der Waals surface area contributed by atoms with E-state index in [0.717, 1.165) is 50.5 Å². The van der Waals surface area contributed by atoms with Gasteiger partial charge in [-0.05, 0) is 44.0 Å². The summed E-state index contributed by atoms with van der Waals surface area (Å²) in [4.78, 5) is 2.54. The molecule has 0 saturated heterocycles. The molecule has 0 bridgehead atoms. The van der Waals surface area contributed by atoms with Crippen molar-refractivity contribution in [2.75, 3.05) is 20.1 Å². The van der Waals surface area contributed by atoms with Gasteiger partial charge in [0.05, 0.1) is 6.54 Å². The first kappa shape index (κ1) is 14.4. The Balaban J connectivity index is 1.67. The first-order valence-electron chi connectivity index (χ1n) is 7.78. The highest BCUT2D eigenvalue weighted by molar-refractivity contribution is 5.29. The van der Waals surface area contributed by atoms with Crippen LogP contribution in [0.3, 0.4) is 0 Å². The minimum atomic E-state index is 0.798. The molecule has 0 unspecified atom stereocenters. The van der Waals surface area contributed by atoms with Crippen LogP contribution in [-0.4, -0.2) is 25.0 Å². The Kier molecular flexibility index (Phi) is 4.42. The number of furan rings is 1. The van der Waals surface area contributed by atoms with Crippen molar-refractivity contribution in [3.8, 4) is 0 Å². The van der Waals surface area contributed by atoms with Crippen molar-refractivity contribution >= 4 is 0 Å². The van der Waals surface area contributed by atoms with E-state index in [1.165, 1.54) is 16.7 Å². The third-order valence-electron chi connectivity index (χ3n) is 4.33. The van der Waals surface area contributed by atoms with Gasteiger partial charge in [-0.15, -0.1) is 0 Å². The second-order valence-corrected chi connectivity index (χ2v) is 5.87. The van der Waals surface area contributed by atoms with E-state index in [9.17, 15) is 0 Å². The van der Waals surface area contributed by atoms with Gasteiger partial charge in [0, 0.05) is 25.2 Å². The highest BCUT2D eigenvalue weighted by Crippen LogP contribution is 2.20. The quantitative estimate of drug-likeness (QED) is 0.936. The number of rotatable bonds is 4. The van der Waals surface area contributed by atoms with Gasteiger partial charge in [-0.2, -0.15) is 0 Å². The molecule has 112 valence electrons. The van der Waals surface area contributed by atoms with Crippen molar-refractivity contribution in [3.05, 3.63) is 58.5 Å². The summed E-state index contributed by atoms with van der Waals surface area (Å²) in [6.45, 7) is 6.12. The van der Waals surface area contributed by atoms with E-state index < -0.39 is 0 Å². The maximum absolute atomic E-state index is 5.80. The zero-order chi connectivity index (χ0) is 14.7. The van der Waals surface area contributed by atoms with Crippen LogP contribution in [0.1, 0.15) is 28.2 Å². The number of aryl methyl sites for hydroxylation is 1. The van der Waals surface area contributed by atoms with Gasteiger partial charge >= 0.3 is 0 Å². The van der Waals surface area contributed by atoms with Crippen LogP contribution in [0, 0.1) is 6.92 Å². The van der Waals surface area contributed by atoms with Crippen LogP contribution < -0.4 is 5.32 Å². The van der Waals surface area contributed by atoms with Crippen LogP contribution >= 0.6 is 0 Å². The van der Waals surface area contributed by atoms with E-state index in [1.54, 1.807) is 0 Å². The summed E-state index contributed by atoms with van der Waals surface area (Å²) >= 11 is 0. The van der Waals surface area contributed by atoms with E-state index in [-0.39, 0.29) is 0 Å². The van der Waals surface area contributed by atoms with Gasteiger partial charge in [-0.25, -0.2) is 0 Å². The number of nitrogens with one attached hydrogen (secondary N) is 1. The summed E-state index contributed by atoms with van der Waals surface area (Å²) < 4.78 is 5.80. The fourth-order valence-electron chi connectivity index (χ4n) is 3.12. The summed E-state index contributed by atoms with van der Waals surface area (Å²) in [5.74, 6) is 2.09. The molecule has 0 atom stereocenters. The monoisotopic (exact) mass is 284 g/mol. The smallest absolute Gasteiger partial charge is 0.118 e. The molecule has 2 aromatic rings. The molecule has 1 aliphatic heterocycles. The molecule has 0 radical (unpaired) electrons. The van der Waals surface area contributed by atoms with Crippen molar-refractivity contribution in [1.82, 2.24) is 10.2 Å². The van der Waals surface area contributed by atoms with E-state index in [1.807, 2.05) is 7.05 Å². The Hall–Kier alpha value is -1.58. The zero-order valence-electron chi connectivity index (χ0n) is 13.0. The first-order valence-corrected chi connectivity index (χ1v) is 7.78. The SMILES string of the molecule is CNCc1cc(CN2CCc3ccccc3CC2)c(C)o1. The number of nitrogens with zero attached hydrogens (tertiary/aromatic N) is 1. The lowest BCUT2D eigenvalue weighted by Crippen LogP contribution is -2.26. The van der Waals surface area contributed by atoms with Crippen LogP contribution in [0.4, 0.5) is 0 Å². The average Bonchev–Trinajstić information content (AvgIpc) is 2.71. The van der Waals surface area contributed by atoms with E-state index in [2.05, 4.69) is 47.5 Å². The minimum Gasteiger partial charge on any atom is -0.465 e. The van der Waals surface area contributed by atoms with Crippen LogP contribution in [0.15, 0.2) is 34.7 Å². The second kappa shape index (κ2) is 6.46. The Morgan fingerprint density at radius 2 is 1.81 bits per heavy atom. The summed E-state index contributed by atoms with van der Waals surface area (Å²) in [6.07, 6.45) is 2.30.